The van der Waals surface area contributed by atoms with Crippen LogP contribution in [0.2, 0.25) is 0 Å². The number of hydrogen-bond acceptors (Lipinski definition) is 8. The summed E-state index contributed by atoms with van der Waals surface area (Å²) in [6.07, 6.45) is 4.22. The minimum atomic E-state index is -0.742. The normalized spacial score (nSPS) is 17.7. The van der Waals surface area contributed by atoms with Gasteiger partial charge < -0.3 is 19.1 Å². The van der Waals surface area contributed by atoms with Crippen LogP contribution in [0.4, 0.5) is 0 Å². The van der Waals surface area contributed by atoms with Gasteiger partial charge in [-0.25, -0.2) is 0 Å². The highest BCUT2D eigenvalue weighted by molar-refractivity contribution is 7.93. The van der Waals surface area contributed by atoms with Crippen LogP contribution >= 0.6 is 12.2 Å². The van der Waals surface area contributed by atoms with Crippen LogP contribution in [-0.4, -0.2) is 92.5 Å². The van der Waals surface area contributed by atoms with Crippen LogP contribution in [-0.2, 0) is 24.9 Å². The summed E-state index contributed by atoms with van der Waals surface area (Å²) in [5.41, 5.74) is 1.76. The first-order valence-electron chi connectivity index (χ1n) is 11.9. The fraction of sp³-hybridized carbons (Fsp3) is 0.640. The summed E-state index contributed by atoms with van der Waals surface area (Å²) in [6.45, 7) is 8.73. The van der Waals surface area contributed by atoms with Crippen molar-refractivity contribution in [2.24, 2.45) is 5.41 Å². The SMILES string of the molecule is COc1ccc2c(CCN(C)C)cn(SOCC(C)(C)C(=O)OCCN3CCC34COC4)c2c1. The third-order valence-electron chi connectivity index (χ3n) is 6.85. The minimum Gasteiger partial charge on any atom is -0.497 e. The van der Waals surface area contributed by atoms with Crippen LogP contribution in [0.5, 0.6) is 5.75 Å². The zero-order chi connectivity index (χ0) is 24.3. The maximum Gasteiger partial charge on any atom is 0.313 e. The molecule has 0 unspecified atom stereocenters. The van der Waals surface area contributed by atoms with Crippen LogP contribution in [0.15, 0.2) is 24.4 Å². The Kier molecular flexibility index (Phi) is 7.79. The van der Waals surface area contributed by atoms with E-state index in [1.54, 1.807) is 7.11 Å². The number of carbonyl (C=O) groups excluding carboxylic acids is 1. The van der Waals surface area contributed by atoms with Gasteiger partial charge in [0, 0.05) is 37.3 Å². The average molecular weight is 492 g/mol. The van der Waals surface area contributed by atoms with Gasteiger partial charge >= 0.3 is 5.97 Å². The van der Waals surface area contributed by atoms with Crippen LogP contribution in [0.25, 0.3) is 10.9 Å². The predicted molar refractivity (Wildman–Crippen MR) is 134 cm³/mol. The molecule has 0 bridgehead atoms. The summed E-state index contributed by atoms with van der Waals surface area (Å²) in [6, 6.07) is 6.09. The molecule has 0 amide bonds. The van der Waals surface area contributed by atoms with Gasteiger partial charge in [0.15, 0.2) is 0 Å². The largest absolute Gasteiger partial charge is 0.497 e. The van der Waals surface area contributed by atoms with E-state index in [1.165, 1.54) is 29.6 Å². The van der Waals surface area contributed by atoms with E-state index in [9.17, 15) is 4.79 Å². The number of rotatable bonds is 12. The van der Waals surface area contributed by atoms with E-state index in [-0.39, 0.29) is 18.1 Å². The Labute approximate surface area is 206 Å². The van der Waals surface area contributed by atoms with Crippen molar-refractivity contribution >= 4 is 29.1 Å². The minimum absolute atomic E-state index is 0.218. The maximum absolute atomic E-state index is 12.7. The van der Waals surface area contributed by atoms with E-state index in [2.05, 4.69) is 36.2 Å². The third kappa shape index (κ3) is 5.39. The number of esters is 1. The molecule has 2 fully saturated rings. The van der Waals surface area contributed by atoms with Crippen molar-refractivity contribution in [1.29, 1.82) is 0 Å². The second-order valence-corrected chi connectivity index (χ2v) is 11.0. The lowest BCUT2D eigenvalue weighted by Gasteiger charge is -2.57. The van der Waals surface area contributed by atoms with Crippen LogP contribution in [0, 0.1) is 5.41 Å². The quantitative estimate of drug-likeness (QED) is 0.331. The molecule has 2 aliphatic rings. The Morgan fingerprint density at radius 3 is 2.71 bits per heavy atom. The molecule has 2 saturated heterocycles. The molecular formula is C25H37N3O5S. The van der Waals surface area contributed by atoms with Crippen LogP contribution in [0.3, 0.4) is 0 Å². The summed E-state index contributed by atoms with van der Waals surface area (Å²) < 4.78 is 24.3. The average Bonchev–Trinajstić information content (AvgIpc) is 3.09. The number of likely N-dealkylation sites (N-methyl/N-ethyl adjacent to an activating group) is 1. The lowest BCUT2D eigenvalue weighted by molar-refractivity contribution is -0.197. The van der Waals surface area contributed by atoms with E-state index in [0.29, 0.717) is 6.61 Å². The van der Waals surface area contributed by atoms with Crippen LogP contribution < -0.4 is 4.74 Å². The van der Waals surface area contributed by atoms with Gasteiger partial charge in [-0.1, -0.05) is 0 Å². The van der Waals surface area contributed by atoms with E-state index in [0.717, 1.165) is 50.5 Å². The summed E-state index contributed by atoms with van der Waals surface area (Å²) in [5, 5.41) is 1.18. The van der Waals surface area contributed by atoms with Crippen molar-refractivity contribution in [3.8, 4) is 5.75 Å². The molecule has 2 aliphatic heterocycles. The Balaban J connectivity index is 1.31. The zero-order valence-corrected chi connectivity index (χ0v) is 21.8. The van der Waals surface area contributed by atoms with Crippen molar-refractivity contribution in [2.75, 3.05) is 67.3 Å². The lowest BCUT2D eigenvalue weighted by Crippen LogP contribution is -2.71. The van der Waals surface area contributed by atoms with Crippen molar-refractivity contribution in [2.45, 2.75) is 32.2 Å². The number of hydrogen-bond donors (Lipinski definition) is 0. The fourth-order valence-electron chi connectivity index (χ4n) is 4.31. The number of benzene rings is 1. The van der Waals surface area contributed by atoms with Gasteiger partial charge in [0.05, 0.1) is 43.4 Å². The van der Waals surface area contributed by atoms with E-state index >= 15 is 0 Å². The van der Waals surface area contributed by atoms with Gasteiger partial charge in [0.25, 0.3) is 0 Å². The summed E-state index contributed by atoms with van der Waals surface area (Å²) >= 11 is 1.24. The van der Waals surface area contributed by atoms with Crippen molar-refractivity contribution < 1.29 is 23.2 Å². The van der Waals surface area contributed by atoms with Gasteiger partial charge in [-0.15, -0.1) is 0 Å². The molecule has 34 heavy (non-hydrogen) atoms. The fourth-order valence-corrected chi connectivity index (χ4v) is 5.17. The first-order valence-corrected chi connectivity index (χ1v) is 12.6. The maximum atomic E-state index is 12.7. The molecule has 3 heterocycles. The first kappa shape index (κ1) is 25.3. The molecule has 2 aromatic rings. The van der Waals surface area contributed by atoms with Gasteiger partial charge in [0.2, 0.25) is 0 Å². The van der Waals surface area contributed by atoms with E-state index < -0.39 is 5.41 Å². The topological polar surface area (TPSA) is 65.4 Å². The van der Waals surface area contributed by atoms with Crippen molar-refractivity contribution in [3.05, 3.63) is 30.0 Å². The number of ether oxygens (including phenoxy) is 3. The molecule has 4 rings (SSSR count). The third-order valence-corrected chi connectivity index (χ3v) is 7.53. The van der Waals surface area contributed by atoms with Gasteiger partial charge in [-0.05, 0) is 58.5 Å². The second kappa shape index (κ2) is 10.5. The van der Waals surface area contributed by atoms with Gasteiger partial charge in [-0.2, -0.15) is 0 Å². The molecule has 0 atom stereocenters. The number of aromatic nitrogens is 1. The molecule has 1 spiro atoms. The highest BCUT2D eigenvalue weighted by Gasteiger charge is 2.50. The number of carbonyl (C=O) groups is 1. The molecule has 188 valence electrons. The molecule has 1 aromatic heterocycles. The highest BCUT2D eigenvalue weighted by Crippen LogP contribution is 2.37. The molecule has 0 aliphatic carbocycles. The predicted octanol–water partition coefficient (Wildman–Crippen LogP) is 3.23. The Bertz CT molecular complexity index is 996. The van der Waals surface area contributed by atoms with Crippen molar-refractivity contribution in [1.82, 2.24) is 13.8 Å². The Morgan fingerprint density at radius 2 is 2.09 bits per heavy atom. The molecule has 1 aromatic carbocycles. The van der Waals surface area contributed by atoms with Gasteiger partial charge in [0.1, 0.15) is 24.6 Å². The summed E-state index contributed by atoms with van der Waals surface area (Å²) in [7, 11) is 5.82. The Hall–Kier alpha value is -1.78. The summed E-state index contributed by atoms with van der Waals surface area (Å²) in [4.78, 5) is 17.2. The van der Waals surface area contributed by atoms with E-state index in [1.807, 2.05) is 30.0 Å². The number of likely N-dealkylation sites (tertiary alicyclic amines) is 1. The smallest absolute Gasteiger partial charge is 0.313 e. The number of methoxy groups -OCH3 is 1. The monoisotopic (exact) mass is 491 g/mol. The summed E-state index contributed by atoms with van der Waals surface area (Å²) in [5.74, 6) is 0.561. The Morgan fingerprint density at radius 1 is 1.29 bits per heavy atom. The first-order chi connectivity index (χ1) is 16.2. The molecular weight excluding hydrogens is 454 g/mol. The number of fused-ring (bicyclic) bond motifs is 1. The standard InChI is InChI=1S/C25H37N3O5S/c1-24(2,23(29)32-13-12-27-11-9-25(27)17-31-18-25)16-33-34-28-15-19(8-10-26(3)4)21-7-6-20(30-5)14-22(21)28/h6-7,14-15H,8-13,16-18H2,1-5H3. The molecule has 0 N–H and O–H groups in total. The van der Waals surface area contributed by atoms with Crippen LogP contribution in [0.1, 0.15) is 25.8 Å². The lowest BCUT2D eigenvalue weighted by atomic mass is 9.83. The zero-order valence-electron chi connectivity index (χ0n) is 21.0. The number of nitrogens with zero attached hydrogens (tertiary/aromatic N) is 3. The molecule has 9 heteroatoms. The molecule has 0 saturated carbocycles. The molecule has 0 radical (unpaired) electrons. The van der Waals surface area contributed by atoms with Gasteiger partial charge in [-0.3, -0.25) is 17.8 Å². The highest BCUT2D eigenvalue weighted by atomic mass is 32.2. The second-order valence-electron chi connectivity index (χ2n) is 10.2. The van der Waals surface area contributed by atoms with E-state index in [4.69, 9.17) is 18.4 Å². The molecule has 8 nitrogen and oxygen atoms in total. The van der Waals surface area contributed by atoms with Crippen molar-refractivity contribution in [3.63, 3.8) is 0 Å².